The van der Waals surface area contributed by atoms with Gasteiger partial charge in [-0.15, -0.1) is 6.58 Å². The number of methoxy groups -OCH3 is 1. The van der Waals surface area contributed by atoms with E-state index in [1.165, 1.54) is 5.56 Å². The Bertz CT molecular complexity index is 390. The van der Waals surface area contributed by atoms with E-state index >= 15 is 0 Å². The number of rotatable bonds is 4. The summed E-state index contributed by atoms with van der Waals surface area (Å²) < 4.78 is 11.0. The maximum atomic E-state index is 5.74. The van der Waals surface area contributed by atoms with Crippen LogP contribution >= 0.6 is 0 Å². The van der Waals surface area contributed by atoms with E-state index in [-0.39, 0.29) is 0 Å². The normalized spacial score (nSPS) is 18.8. The Hall–Kier alpha value is -1.48. The number of hydrogen-bond donors (Lipinski definition) is 1. The Labute approximate surface area is 102 Å². The number of benzene rings is 1. The highest BCUT2D eigenvalue weighted by molar-refractivity contribution is 5.42. The fraction of sp³-hybridized carbons (Fsp3) is 0.429. The van der Waals surface area contributed by atoms with Gasteiger partial charge < -0.3 is 14.8 Å². The van der Waals surface area contributed by atoms with Crippen molar-refractivity contribution < 1.29 is 9.47 Å². The molecule has 3 heteroatoms. The fourth-order valence-corrected chi connectivity index (χ4v) is 2.12. The fourth-order valence-electron chi connectivity index (χ4n) is 2.12. The maximum Gasteiger partial charge on any atom is 0.124 e. The molecule has 1 N–H and O–H groups in total. The van der Waals surface area contributed by atoms with Crippen LogP contribution in [-0.2, 0) is 0 Å². The lowest BCUT2D eigenvalue weighted by Crippen LogP contribution is -2.20. The first-order valence-electron chi connectivity index (χ1n) is 6.00. The van der Waals surface area contributed by atoms with Gasteiger partial charge in [-0.1, -0.05) is 6.08 Å². The van der Waals surface area contributed by atoms with Crippen LogP contribution in [0.25, 0.3) is 0 Å². The molecule has 1 aromatic rings. The van der Waals surface area contributed by atoms with Crippen LogP contribution < -0.4 is 14.8 Å². The van der Waals surface area contributed by atoms with Gasteiger partial charge in [-0.3, -0.25) is 0 Å². The van der Waals surface area contributed by atoms with Gasteiger partial charge in [-0.25, -0.2) is 0 Å². The maximum absolute atomic E-state index is 5.74. The molecule has 0 saturated carbocycles. The summed E-state index contributed by atoms with van der Waals surface area (Å²) >= 11 is 0. The molecule has 17 heavy (non-hydrogen) atoms. The molecule has 0 saturated heterocycles. The smallest absolute Gasteiger partial charge is 0.124 e. The van der Waals surface area contributed by atoms with Crippen molar-refractivity contribution in [2.24, 2.45) is 0 Å². The van der Waals surface area contributed by atoms with Crippen molar-refractivity contribution in [2.45, 2.75) is 18.9 Å². The Kier molecular flexibility index (Phi) is 4.04. The molecule has 0 amide bonds. The number of ether oxygens (including phenoxy) is 2. The zero-order valence-electron chi connectivity index (χ0n) is 10.2. The molecule has 1 unspecified atom stereocenters. The molecule has 2 rings (SSSR count). The van der Waals surface area contributed by atoms with Crippen molar-refractivity contribution in [3.05, 3.63) is 36.4 Å². The van der Waals surface area contributed by atoms with E-state index in [1.807, 2.05) is 18.2 Å². The van der Waals surface area contributed by atoms with E-state index in [2.05, 4.69) is 18.0 Å². The number of hydrogen-bond acceptors (Lipinski definition) is 3. The molecule has 0 radical (unpaired) electrons. The zero-order chi connectivity index (χ0) is 12.1. The molecule has 92 valence electrons. The average molecular weight is 233 g/mol. The van der Waals surface area contributed by atoms with Gasteiger partial charge in [0.25, 0.3) is 0 Å². The van der Waals surface area contributed by atoms with Gasteiger partial charge in [-0.2, -0.15) is 0 Å². The van der Waals surface area contributed by atoms with Gasteiger partial charge in [0.2, 0.25) is 0 Å². The topological polar surface area (TPSA) is 30.5 Å². The third-order valence-electron chi connectivity index (χ3n) is 3.00. The van der Waals surface area contributed by atoms with Crippen molar-refractivity contribution in [3.63, 3.8) is 0 Å². The Morgan fingerprint density at radius 1 is 1.59 bits per heavy atom. The predicted molar refractivity (Wildman–Crippen MR) is 68.7 cm³/mol. The quantitative estimate of drug-likeness (QED) is 0.811. The van der Waals surface area contributed by atoms with Crippen LogP contribution in [0.15, 0.2) is 30.9 Å². The highest BCUT2D eigenvalue weighted by atomic mass is 16.5. The lowest BCUT2D eigenvalue weighted by atomic mass is 10.0. The second-order valence-corrected chi connectivity index (χ2v) is 4.14. The van der Waals surface area contributed by atoms with Crippen LogP contribution in [0.4, 0.5) is 0 Å². The summed E-state index contributed by atoms with van der Waals surface area (Å²) in [5.41, 5.74) is 1.18. The first-order valence-corrected chi connectivity index (χ1v) is 6.00. The Morgan fingerprint density at radius 3 is 3.24 bits per heavy atom. The van der Waals surface area contributed by atoms with Gasteiger partial charge in [0, 0.05) is 18.2 Å². The molecule has 1 aliphatic heterocycles. The third-order valence-corrected chi connectivity index (χ3v) is 3.00. The van der Waals surface area contributed by atoms with E-state index in [0.29, 0.717) is 6.04 Å². The summed E-state index contributed by atoms with van der Waals surface area (Å²) in [5, 5.41) is 3.47. The van der Waals surface area contributed by atoms with Gasteiger partial charge in [0.05, 0.1) is 13.7 Å². The number of fused-ring (bicyclic) bond motifs is 1. The highest BCUT2D eigenvalue weighted by Gasteiger charge is 2.19. The summed E-state index contributed by atoms with van der Waals surface area (Å²) in [7, 11) is 1.69. The van der Waals surface area contributed by atoms with Crippen LogP contribution in [0.3, 0.4) is 0 Å². The van der Waals surface area contributed by atoms with Crippen molar-refractivity contribution in [2.75, 3.05) is 20.3 Å². The zero-order valence-corrected chi connectivity index (χ0v) is 10.2. The molecular weight excluding hydrogens is 214 g/mol. The summed E-state index contributed by atoms with van der Waals surface area (Å²) in [6.45, 7) is 5.33. The van der Waals surface area contributed by atoms with E-state index in [4.69, 9.17) is 9.47 Å². The Morgan fingerprint density at radius 2 is 2.47 bits per heavy atom. The lowest BCUT2D eigenvalue weighted by molar-refractivity contribution is 0.315. The molecular formula is C14H19NO2. The minimum atomic E-state index is 0.320. The third kappa shape index (κ3) is 2.80. The molecule has 0 aromatic heterocycles. The standard InChI is InChI=1S/C14H19NO2/c1-3-8-15-13-5-4-9-17-14-7-6-11(16-2)10-12(13)14/h3,6-7,10,13,15H,1,4-5,8-9H2,2H3. The summed E-state index contributed by atoms with van der Waals surface area (Å²) in [6.07, 6.45) is 4.02. The number of nitrogens with one attached hydrogen (secondary N) is 1. The molecule has 1 atom stereocenters. The molecule has 0 fully saturated rings. The second-order valence-electron chi connectivity index (χ2n) is 4.14. The molecule has 1 aromatic carbocycles. The molecule has 0 aliphatic carbocycles. The highest BCUT2D eigenvalue weighted by Crippen LogP contribution is 2.34. The minimum absolute atomic E-state index is 0.320. The van der Waals surface area contributed by atoms with Crippen LogP contribution in [-0.4, -0.2) is 20.3 Å². The molecule has 3 nitrogen and oxygen atoms in total. The van der Waals surface area contributed by atoms with Gasteiger partial charge in [0.1, 0.15) is 11.5 Å². The first-order chi connectivity index (χ1) is 8.35. The predicted octanol–water partition coefficient (Wildman–Crippen LogP) is 2.68. The lowest BCUT2D eigenvalue weighted by Gasteiger charge is -2.18. The summed E-state index contributed by atoms with van der Waals surface area (Å²) in [5.74, 6) is 1.84. The van der Waals surface area contributed by atoms with Gasteiger partial charge in [-0.05, 0) is 31.0 Å². The van der Waals surface area contributed by atoms with Crippen LogP contribution in [0.5, 0.6) is 11.5 Å². The van der Waals surface area contributed by atoms with Gasteiger partial charge in [0.15, 0.2) is 0 Å². The molecule has 1 aliphatic rings. The van der Waals surface area contributed by atoms with E-state index in [0.717, 1.165) is 37.5 Å². The van der Waals surface area contributed by atoms with Gasteiger partial charge >= 0.3 is 0 Å². The monoisotopic (exact) mass is 233 g/mol. The van der Waals surface area contributed by atoms with E-state index in [1.54, 1.807) is 7.11 Å². The van der Waals surface area contributed by atoms with Crippen LogP contribution in [0, 0.1) is 0 Å². The Balaban J connectivity index is 2.27. The largest absolute Gasteiger partial charge is 0.497 e. The van der Waals surface area contributed by atoms with Crippen LogP contribution in [0.2, 0.25) is 0 Å². The van der Waals surface area contributed by atoms with E-state index in [9.17, 15) is 0 Å². The molecule has 0 spiro atoms. The molecule has 0 bridgehead atoms. The molecule has 1 heterocycles. The van der Waals surface area contributed by atoms with Crippen molar-refractivity contribution in [3.8, 4) is 11.5 Å². The SMILES string of the molecule is C=CCNC1CCCOc2ccc(OC)cc21. The van der Waals surface area contributed by atoms with Crippen molar-refractivity contribution >= 4 is 0 Å². The second kappa shape index (κ2) is 5.73. The minimum Gasteiger partial charge on any atom is -0.497 e. The average Bonchev–Trinajstić information content (AvgIpc) is 2.57. The van der Waals surface area contributed by atoms with Crippen molar-refractivity contribution in [1.29, 1.82) is 0 Å². The summed E-state index contributed by atoms with van der Waals surface area (Å²) in [4.78, 5) is 0. The summed E-state index contributed by atoms with van der Waals surface area (Å²) in [6, 6.07) is 6.30. The van der Waals surface area contributed by atoms with Crippen LogP contribution in [0.1, 0.15) is 24.4 Å². The van der Waals surface area contributed by atoms with Crippen molar-refractivity contribution in [1.82, 2.24) is 5.32 Å². The first kappa shape index (κ1) is 12.0. The van der Waals surface area contributed by atoms with E-state index < -0.39 is 0 Å².